The molecule has 4 unspecified atom stereocenters. The van der Waals surface area contributed by atoms with Crippen LogP contribution >= 0.6 is 23.2 Å². The highest BCUT2D eigenvalue weighted by atomic mass is 35.5. The van der Waals surface area contributed by atoms with Crippen molar-refractivity contribution in [2.75, 3.05) is 26.7 Å². The second-order valence-electron chi connectivity index (χ2n) is 12.0. The average Bonchev–Trinajstić information content (AvgIpc) is 2.89. The number of likely N-dealkylation sites (tertiary alicyclic amines) is 1. The minimum atomic E-state index is -0.384. The number of carbonyl (C=O) groups excluding carboxylic acids is 3. The Kier molecular flexibility index (Phi) is 10.0. The third kappa shape index (κ3) is 7.43. The minimum Gasteiger partial charge on any atom is -0.462 e. The standard InChI is InChI=1S/C32H40Cl2N2O5/c1-20(2)18-36(31(39)14-23-9-10-28(33)29(34)13-23)25-16-30(41-22(4)38)27-19-35(5)12-11-32(27,17-25)24-7-6-8-26(15-24)40-21(3)37/h6-10,13,15,20,25,27,30H,11-12,14,16-19H2,1-5H3. The quantitative estimate of drug-likeness (QED) is 0.275. The summed E-state index contributed by atoms with van der Waals surface area (Å²) in [5, 5.41) is 0.866. The maximum Gasteiger partial charge on any atom is 0.308 e. The van der Waals surface area contributed by atoms with E-state index in [4.69, 9.17) is 32.7 Å². The fourth-order valence-electron chi connectivity index (χ4n) is 6.71. The van der Waals surface area contributed by atoms with Crippen molar-refractivity contribution in [1.82, 2.24) is 9.80 Å². The first kappa shape index (κ1) is 31.3. The number of halogens is 2. The molecule has 2 fully saturated rings. The Hall–Kier alpha value is -2.61. The zero-order chi connectivity index (χ0) is 29.9. The smallest absolute Gasteiger partial charge is 0.308 e. The van der Waals surface area contributed by atoms with Gasteiger partial charge in [0.1, 0.15) is 11.9 Å². The van der Waals surface area contributed by atoms with E-state index in [0.29, 0.717) is 35.2 Å². The van der Waals surface area contributed by atoms with Gasteiger partial charge in [-0.05, 0) is 67.7 Å². The summed E-state index contributed by atoms with van der Waals surface area (Å²) in [6.07, 6.45) is 1.91. The first-order chi connectivity index (χ1) is 19.4. The van der Waals surface area contributed by atoms with Gasteiger partial charge in [0.05, 0.1) is 16.5 Å². The van der Waals surface area contributed by atoms with Gasteiger partial charge >= 0.3 is 11.9 Å². The predicted molar refractivity (Wildman–Crippen MR) is 160 cm³/mol. The minimum absolute atomic E-state index is 0.00106. The lowest BCUT2D eigenvalue weighted by molar-refractivity contribution is -0.161. The molecule has 1 amide bonds. The van der Waals surface area contributed by atoms with E-state index < -0.39 is 0 Å². The summed E-state index contributed by atoms with van der Waals surface area (Å²) in [7, 11) is 2.09. The number of hydrogen-bond donors (Lipinski definition) is 0. The molecule has 41 heavy (non-hydrogen) atoms. The molecule has 2 aromatic carbocycles. The molecule has 1 aliphatic heterocycles. The number of carbonyl (C=O) groups is 3. The molecule has 1 saturated heterocycles. The van der Waals surface area contributed by atoms with Gasteiger partial charge in [0, 0.05) is 50.7 Å². The van der Waals surface area contributed by atoms with E-state index in [1.165, 1.54) is 13.8 Å². The lowest BCUT2D eigenvalue weighted by Crippen LogP contribution is -2.62. The van der Waals surface area contributed by atoms with Gasteiger partial charge in [-0.1, -0.05) is 55.2 Å². The van der Waals surface area contributed by atoms with Gasteiger partial charge in [0.25, 0.3) is 0 Å². The van der Waals surface area contributed by atoms with E-state index in [0.717, 1.165) is 30.6 Å². The van der Waals surface area contributed by atoms with Gasteiger partial charge in [-0.15, -0.1) is 0 Å². The van der Waals surface area contributed by atoms with E-state index in [1.54, 1.807) is 18.2 Å². The monoisotopic (exact) mass is 602 g/mol. The second-order valence-corrected chi connectivity index (χ2v) is 12.8. The fraction of sp³-hybridized carbons (Fsp3) is 0.531. The summed E-state index contributed by atoms with van der Waals surface area (Å²) in [5.41, 5.74) is 1.45. The molecule has 2 aromatic rings. The zero-order valence-electron chi connectivity index (χ0n) is 24.5. The van der Waals surface area contributed by atoms with Crippen LogP contribution in [0.1, 0.15) is 58.1 Å². The van der Waals surface area contributed by atoms with Crippen molar-refractivity contribution in [3.8, 4) is 5.75 Å². The third-order valence-electron chi connectivity index (χ3n) is 8.36. The number of benzene rings is 2. The highest BCUT2D eigenvalue weighted by Gasteiger charge is 2.54. The lowest BCUT2D eigenvalue weighted by Gasteiger charge is -2.56. The van der Waals surface area contributed by atoms with Gasteiger partial charge in [0.15, 0.2) is 0 Å². The Morgan fingerprint density at radius 3 is 2.49 bits per heavy atom. The summed E-state index contributed by atoms with van der Waals surface area (Å²) in [6.45, 7) is 9.22. The van der Waals surface area contributed by atoms with E-state index in [9.17, 15) is 14.4 Å². The van der Waals surface area contributed by atoms with Crippen molar-refractivity contribution in [3.63, 3.8) is 0 Å². The molecule has 0 spiro atoms. The van der Waals surface area contributed by atoms with Gasteiger partial charge in [0.2, 0.25) is 5.91 Å². The van der Waals surface area contributed by atoms with Crippen LogP contribution < -0.4 is 4.74 Å². The maximum absolute atomic E-state index is 14.0. The van der Waals surface area contributed by atoms with Crippen LogP contribution in [-0.4, -0.2) is 66.5 Å². The molecule has 4 rings (SSSR count). The van der Waals surface area contributed by atoms with Gasteiger partial charge < -0.3 is 19.3 Å². The molecule has 9 heteroatoms. The summed E-state index contributed by atoms with van der Waals surface area (Å²) in [5.74, 6) is 0.0270. The molecule has 1 heterocycles. The predicted octanol–water partition coefficient (Wildman–Crippen LogP) is 5.93. The molecule has 222 valence electrons. The molecular formula is C32H40Cl2N2O5. The summed E-state index contributed by atoms with van der Waals surface area (Å²) < 4.78 is 11.5. The van der Waals surface area contributed by atoms with Crippen LogP contribution in [0.3, 0.4) is 0 Å². The SMILES string of the molecule is CC(=O)Oc1cccc(C23CCN(C)CC2C(OC(C)=O)CC(N(CC(C)C)C(=O)Cc2ccc(Cl)c(Cl)c2)C3)c1. The Morgan fingerprint density at radius 2 is 1.83 bits per heavy atom. The van der Waals surface area contributed by atoms with E-state index in [1.807, 2.05) is 23.1 Å². The molecule has 7 nitrogen and oxygen atoms in total. The molecule has 2 aliphatic rings. The highest BCUT2D eigenvalue weighted by Crippen LogP contribution is 2.51. The number of piperidine rings is 1. The third-order valence-corrected chi connectivity index (χ3v) is 9.10. The highest BCUT2D eigenvalue weighted by molar-refractivity contribution is 6.42. The van der Waals surface area contributed by atoms with Crippen molar-refractivity contribution < 1.29 is 23.9 Å². The summed E-state index contributed by atoms with van der Waals surface area (Å²) >= 11 is 12.4. The second kappa shape index (κ2) is 13.1. The number of esters is 2. The molecule has 0 N–H and O–H groups in total. The maximum atomic E-state index is 14.0. The molecule has 0 bridgehead atoms. The van der Waals surface area contributed by atoms with E-state index >= 15 is 0 Å². The molecular weight excluding hydrogens is 563 g/mol. The zero-order valence-corrected chi connectivity index (χ0v) is 26.0. The largest absolute Gasteiger partial charge is 0.462 e. The molecule has 4 atom stereocenters. The van der Waals surface area contributed by atoms with Crippen LogP contribution in [-0.2, 0) is 31.0 Å². The number of nitrogens with zero attached hydrogens (tertiary/aromatic N) is 2. The molecule has 0 aromatic heterocycles. The summed E-state index contributed by atoms with van der Waals surface area (Å²) in [6, 6.07) is 12.8. The Bertz CT molecular complexity index is 1280. The first-order valence-corrected chi connectivity index (χ1v) is 15.0. The van der Waals surface area contributed by atoms with Crippen LogP contribution in [0, 0.1) is 11.8 Å². The van der Waals surface area contributed by atoms with Gasteiger partial charge in [-0.3, -0.25) is 14.4 Å². The number of fused-ring (bicyclic) bond motifs is 1. The number of ether oxygens (including phenoxy) is 2. The van der Waals surface area contributed by atoms with E-state index in [-0.39, 0.29) is 53.7 Å². The van der Waals surface area contributed by atoms with E-state index in [2.05, 4.69) is 31.9 Å². The number of amides is 1. The molecule has 1 saturated carbocycles. The van der Waals surface area contributed by atoms with Crippen molar-refractivity contribution in [1.29, 1.82) is 0 Å². The number of rotatable bonds is 8. The normalized spacial score (nSPS) is 24.4. The fourth-order valence-corrected chi connectivity index (χ4v) is 7.03. The average molecular weight is 604 g/mol. The topological polar surface area (TPSA) is 76.2 Å². The van der Waals surface area contributed by atoms with Crippen molar-refractivity contribution in [2.45, 2.75) is 70.9 Å². The Labute approximate surface area is 253 Å². The van der Waals surface area contributed by atoms with Gasteiger partial charge in [-0.2, -0.15) is 0 Å². The first-order valence-electron chi connectivity index (χ1n) is 14.3. The molecule has 1 aliphatic carbocycles. The van der Waals surface area contributed by atoms with Crippen LogP contribution in [0.25, 0.3) is 0 Å². The Morgan fingerprint density at radius 1 is 1.07 bits per heavy atom. The lowest BCUT2D eigenvalue weighted by atomic mass is 9.56. The summed E-state index contributed by atoms with van der Waals surface area (Å²) in [4.78, 5) is 42.4. The van der Waals surface area contributed by atoms with Crippen molar-refractivity contribution >= 4 is 41.0 Å². The van der Waals surface area contributed by atoms with Gasteiger partial charge in [-0.25, -0.2) is 0 Å². The van der Waals surface area contributed by atoms with Crippen LogP contribution in [0.15, 0.2) is 42.5 Å². The van der Waals surface area contributed by atoms with Crippen LogP contribution in [0.2, 0.25) is 10.0 Å². The van der Waals surface area contributed by atoms with Crippen molar-refractivity contribution in [2.24, 2.45) is 11.8 Å². The van der Waals surface area contributed by atoms with Crippen molar-refractivity contribution in [3.05, 3.63) is 63.6 Å². The Balaban J connectivity index is 1.76. The van der Waals surface area contributed by atoms with Crippen LogP contribution in [0.5, 0.6) is 5.75 Å². The number of hydrogen-bond acceptors (Lipinski definition) is 6. The van der Waals surface area contributed by atoms with Crippen LogP contribution in [0.4, 0.5) is 0 Å². The molecule has 0 radical (unpaired) electrons.